The van der Waals surface area contributed by atoms with E-state index in [0.717, 1.165) is 35.2 Å². The van der Waals surface area contributed by atoms with Crippen LogP contribution in [0.3, 0.4) is 0 Å². The molecule has 0 amide bonds. The fourth-order valence-electron chi connectivity index (χ4n) is 3.00. The zero-order valence-electron chi connectivity index (χ0n) is 12.4. The smallest absolute Gasteiger partial charge is 0.238 e. The van der Waals surface area contributed by atoms with E-state index < -0.39 is 10.0 Å². The maximum absolute atomic E-state index is 11.4. The lowest BCUT2D eigenvalue weighted by molar-refractivity contribution is 0.598. The minimum Gasteiger partial charge on any atom is -0.256 e. The molecule has 0 aliphatic heterocycles. The summed E-state index contributed by atoms with van der Waals surface area (Å²) in [6, 6.07) is 12.6. The molecule has 1 fully saturated rings. The summed E-state index contributed by atoms with van der Waals surface area (Å²) in [6.45, 7) is 0. The molecule has 0 bridgehead atoms. The first kappa shape index (κ1) is 14.4. The van der Waals surface area contributed by atoms with Gasteiger partial charge in [0.15, 0.2) is 0 Å². The van der Waals surface area contributed by atoms with Gasteiger partial charge in [0.1, 0.15) is 0 Å². The van der Waals surface area contributed by atoms with Gasteiger partial charge >= 0.3 is 0 Å². The monoisotopic (exact) mass is 324 g/mol. The lowest BCUT2D eigenvalue weighted by atomic mass is 9.98. The molecule has 23 heavy (non-hydrogen) atoms. The van der Waals surface area contributed by atoms with Gasteiger partial charge in [0.2, 0.25) is 10.0 Å². The molecule has 1 aromatic carbocycles. The van der Waals surface area contributed by atoms with Crippen LogP contribution < -0.4 is 5.14 Å². The fraction of sp³-hybridized carbons (Fsp3) is 0.167. The number of hydrogen-bond donors (Lipinski definition) is 1. The zero-order valence-corrected chi connectivity index (χ0v) is 13.3. The highest BCUT2D eigenvalue weighted by Crippen LogP contribution is 2.57. The molecule has 1 aromatic heterocycles. The number of nitrogens with two attached hydrogens (primary N) is 1. The molecule has 0 saturated heterocycles. The summed E-state index contributed by atoms with van der Waals surface area (Å²) in [5.41, 5.74) is 4.32. The third-order valence-corrected chi connectivity index (χ3v) is 5.35. The molecule has 2 aliphatic carbocycles. The van der Waals surface area contributed by atoms with E-state index in [0.29, 0.717) is 0 Å². The molecule has 2 aromatic rings. The van der Waals surface area contributed by atoms with Gasteiger partial charge in [0, 0.05) is 17.2 Å². The van der Waals surface area contributed by atoms with Crippen LogP contribution in [0.2, 0.25) is 0 Å². The van der Waals surface area contributed by atoms with Crippen molar-refractivity contribution in [1.29, 1.82) is 0 Å². The van der Waals surface area contributed by atoms with Crippen molar-refractivity contribution in [3.63, 3.8) is 0 Å². The topological polar surface area (TPSA) is 73.1 Å². The molecule has 4 rings (SSSR count). The third-order valence-electron chi connectivity index (χ3n) is 4.42. The standard InChI is InChI=1S/C18H16N2O2S/c19-23(21,22)14-6-4-13(5-7-14)15-11-18(8-9-18)12-16(15)17-3-1-2-10-20-17/h1-7,10-12H,8-9H2,(H2,19,21,22). The van der Waals surface area contributed by atoms with Crippen LogP contribution in [0.1, 0.15) is 24.1 Å². The molecular weight excluding hydrogens is 308 g/mol. The number of rotatable bonds is 3. The summed E-state index contributed by atoms with van der Waals surface area (Å²) >= 11 is 0. The van der Waals surface area contributed by atoms with Crippen molar-refractivity contribution in [2.45, 2.75) is 17.7 Å². The van der Waals surface area contributed by atoms with E-state index in [2.05, 4.69) is 17.1 Å². The second-order valence-corrected chi connectivity index (χ2v) is 7.69. The van der Waals surface area contributed by atoms with Gasteiger partial charge in [-0.2, -0.15) is 0 Å². The first-order valence-corrected chi connectivity index (χ1v) is 9.02. The molecule has 1 heterocycles. The highest BCUT2D eigenvalue weighted by Gasteiger charge is 2.43. The second kappa shape index (κ2) is 4.88. The van der Waals surface area contributed by atoms with Crippen molar-refractivity contribution in [3.05, 3.63) is 72.1 Å². The van der Waals surface area contributed by atoms with Gasteiger partial charge in [0.25, 0.3) is 0 Å². The highest BCUT2D eigenvalue weighted by molar-refractivity contribution is 7.89. The maximum Gasteiger partial charge on any atom is 0.238 e. The lowest BCUT2D eigenvalue weighted by Crippen LogP contribution is -2.11. The van der Waals surface area contributed by atoms with Crippen molar-refractivity contribution < 1.29 is 8.42 Å². The molecule has 4 nitrogen and oxygen atoms in total. The van der Waals surface area contributed by atoms with Crippen molar-refractivity contribution in [1.82, 2.24) is 4.98 Å². The molecule has 0 atom stereocenters. The van der Waals surface area contributed by atoms with Crippen LogP contribution in [0.25, 0.3) is 11.1 Å². The average molecular weight is 324 g/mol. The fourth-order valence-corrected chi connectivity index (χ4v) is 3.52. The van der Waals surface area contributed by atoms with E-state index >= 15 is 0 Å². The Morgan fingerprint density at radius 2 is 1.65 bits per heavy atom. The molecular formula is C18H16N2O2S. The molecule has 2 N–H and O–H groups in total. The Bertz CT molecular complexity index is 923. The number of aromatic nitrogens is 1. The largest absolute Gasteiger partial charge is 0.256 e. The van der Waals surface area contributed by atoms with Crippen LogP contribution >= 0.6 is 0 Å². The Morgan fingerprint density at radius 1 is 0.957 bits per heavy atom. The number of pyridine rings is 1. The second-order valence-electron chi connectivity index (χ2n) is 6.13. The minimum absolute atomic E-state index is 0.129. The van der Waals surface area contributed by atoms with Gasteiger partial charge < -0.3 is 0 Å². The van der Waals surface area contributed by atoms with Crippen molar-refractivity contribution in [2.24, 2.45) is 10.6 Å². The predicted molar refractivity (Wildman–Crippen MR) is 89.7 cm³/mol. The van der Waals surface area contributed by atoms with E-state index in [1.807, 2.05) is 30.3 Å². The van der Waals surface area contributed by atoms with Crippen molar-refractivity contribution in [3.8, 4) is 0 Å². The number of benzene rings is 1. The summed E-state index contributed by atoms with van der Waals surface area (Å²) in [6.07, 6.45) is 8.67. The van der Waals surface area contributed by atoms with Crippen LogP contribution in [0.4, 0.5) is 0 Å². The molecule has 1 saturated carbocycles. The van der Waals surface area contributed by atoms with E-state index in [1.165, 1.54) is 0 Å². The summed E-state index contributed by atoms with van der Waals surface area (Å²) in [4.78, 5) is 4.59. The van der Waals surface area contributed by atoms with Crippen LogP contribution in [-0.2, 0) is 10.0 Å². The molecule has 2 aliphatic rings. The van der Waals surface area contributed by atoms with Crippen LogP contribution in [0, 0.1) is 5.41 Å². The molecule has 0 radical (unpaired) electrons. The van der Waals surface area contributed by atoms with Crippen LogP contribution in [0.5, 0.6) is 0 Å². The van der Waals surface area contributed by atoms with E-state index in [9.17, 15) is 8.42 Å². The number of hydrogen-bond acceptors (Lipinski definition) is 3. The summed E-state index contributed by atoms with van der Waals surface area (Å²) in [5.74, 6) is 0. The van der Waals surface area contributed by atoms with E-state index in [4.69, 9.17) is 5.14 Å². The van der Waals surface area contributed by atoms with Crippen molar-refractivity contribution >= 4 is 21.2 Å². The first-order chi connectivity index (χ1) is 11.0. The zero-order chi connectivity index (χ0) is 16.1. The summed E-state index contributed by atoms with van der Waals surface area (Å²) < 4.78 is 22.8. The molecule has 116 valence electrons. The quantitative estimate of drug-likeness (QED) is 0.943. The molecule has 0 unspecified atom stereocenters. The van der Waals surface area contributed by atoms with Gasteiger partial charge in [-0.3, -0.25) is 4.98 Å². The minimum atomic E-state index is -3.67. The van der Waals surface area contributed by atoms with E-state index in [1.54, 1.807) is 18.3 Å². The highest BCUT2D eigenvalue weighted by atomic mass is 32.2. The Kier molecular flexibility index (Phi) is 3.04. The van der Waals surface area contributed by atoms with Gasteiger partial charge in [-0.25, -0.2) is 13.6 Å². The SMILES string of the molecule is NS(=O)(=O)c1ccc(C2=CC3(C=C2c2ccccn2)CC3)cc1. The van der Waals surface area contributed by atoms with Crippen LogP contribution in [-0.4, -0.2) is 13.4 Å². The Labute approximate surface area is 135 Å². The van der Waals surface area contributed by atoms with Gasteiger partial charge in [0.05, 0.1) is 10.6 Å². The lowest BCUT2D eigenvalue weighted by Gasteiger charge is -2.09. The number of nitrogens with zero attached hydrogens (tertiary/aromatic N) is 1. The van der Waals surface area contributed by atoms with Gasteiger partial charge in [-0.15, -0.1) is 0 Å². The van der Waals surface area contributed by atoms with Gasteiger partial charge in [-0.05, 0) is 48.2 Å². The Balaban J connectivity index is 1.77. The third kappa shape index (κ3) is 2.62. The van der Waals surface area contributed by atoms with Crippen molar-refractivity contribution in [2.75, 3.05) is 0 Å². The summed E-state index contributed by atoms with van der Waals surface area (Å²) in [7, 11) is -3.67. The average Bonchev–Trinajstić information content (AvgIpc) is 3.18. The summed E-state index contributed by atoms with van der Waals surface area (Å²) in [5, 5.41) is 5.17. The predicted octanol–water partition coefficient (Wildman–Crippen LogP) is 2.99. The number of primary sulfonamides is 1. The first-order valence-electron chi connectivity index (χ1n) is 7.48. The normalized spacial score (nSPS) is 18.7. The molecule has 5 heteroatoms. The number of sulfonamides is 1. The maximum atomic E-state index is 11.4. The molecule has 1 spiro atoms. The van der Waals surface area contributed by atoms with Crippen LogP contribution in [0.15, 0.2) is 65.7 Å². The van der Waals surface area contributed by atoms with Gasteiger partial charge in [-0.1, -0.05) is 30.4 Å². The Morgan fingerprint density at radius 3 is 2.22 bits per heavy atom. The number of allylic oxidation sites excluding steroid dienone is 4. The van der Waals surface area contributed by atoms with E-state index in [-0.39, 0.29) is 10.3 Å². The Hall–Kier alpha value is -2.24.